The van der Waals surface area contributed by atoms with Gasteiger partial charge in [-0.25, -0.2) is 8.42 Å². The predicted octanol–water partition coefficient (Wildman–Crippen LogP) is 1.13. The Balaban J connectivity index is 0.00000161. The van der Waals surface area contributed by atoms with E-state index in [-0.39, 0.29) is 12.4 Å². The van der Waals surface area contributed by atoms with Crippen LogP contribution in [-0.2, 0) is 10.0 Å². The van der Waals surface area contributed by atoms with Crippen LogP contribution in [-0.4, -0.2) is 38.9 Å². The van der Waals surface area contributed by atoms with Crippen molar-refractivity contribution in [2.45, 2.75) is 11.8 Å². The molecule has 2 aliphatic rings. The van der Waals surface area contributed by atoms with Gasteiger partial charge in [-0.2, -0.15) is 9.57 Å². The lowest BCUT2D eigenvalue weighted by atomic mass is 10.0. The molecule has 2 fully saturated rings. The number of nitrogens with zero attached hydrogens (tertiary/aromatic N) is 2. The van der Waals surface area contributed by atoms with E-state index in [2.05, 4.69) is 5.32 Å². The van der Waals surface area contributed by atoms with E-state index in [1.54, 1.807) is 29.4 Å². The van der Waals surface area contributed by atoms with Crippen LogP contribution in [0.2, 0.25) is 0 Å². The Labute approximate surface area is 131 Å². The molecule has 0 amide bonds. The highest BCUT2D eigenvalue weighted by Crippen LogP contribution is 2.31. The number of nitriles is 1. The van der Waals surface area contributed by atoms with E-state index >= 15 is 0 Å². The van der Waals surface area contributed by atoms with Crippen molar-refractivity contribution in [3.63, 3.8) is 0 Å². The standard InChI is InChI=1S/C14H17N3O2S.ClH/c1-10-4-11(5-15)2-3-14(10)20(18,19)17-8-12-6-16-7-13(12)9-17;/h2-4,12-13,16H,6-9H2,1H3;1H/t12-,13+;. The SMILES string of the molecule is Cc1cc(C#N)ccc1S(=O)(=O)N1C[C@H]2CNC[C@H]2C1.Cl. The largest absolute Gasteiger partial charge is 0.316 e. The van der Waals surface area contributed by atoms with E-state index in [0.717, 1.165) is 13.1 Å². The quantitative estimate of drug-likeness (QED) is 0.883. The molecule has 2 saturated heterocycles. The van der Waals surface area contributed by atoms with E-state index < -0.39 is 10.0 Å². The number of nitrogens with one attached hydrogen (secondary N) is 1. The Hall–Kier alpha value is -1.13. The third-order valence-electron chi connectivity index (χ3n) is 4.28. The zero-order chi connectivity index (χ0) is 14.3. The van der Waals surface area contributed by atoms with Crippen LogP contribution in [0.25, 0.3) is 0 Å². The van der Waals surface area contributed by atoms with Crippen LogP contribution in [0.1, 0.15) is 11.1 Å². The summed E-state index contributed by atoms with van der Waals surface area (Å²) in [7, 11) is -3.44. The molecule has 2 heterocycles. The second-order valence-electron chi connectivity index (χ2n) is 5.59. The van der Waals surface area contributed by atoms with Crippen molar-refractivity contribution in [2.24, 2.45) is 11.8 Å². The lowest BCUT2D eigenvalue weighted by molar-refractivity contribution is 0.447. The summed E-state index contributed by atoms with van der Waals surface area (Å²) < 4.78 is 27.0. The Bertz CT molecular complexity index is 672. The van der Waals surface area contributed by atoms with Gasteiger partial charge in [0.2, 0.25) is 10.0 Å². The van der Waals surface area contributed by atoms with E-state index in [9.17, 15) is 8.42 Å². The number of hydrogen-bond donors (Lipinski definition) is 1. The molecule has 1 aromatic rings. The lowest BCUT2D eigenvalue weighted by Crippen LogP contribution is -2.32. The molecule has 0 radical (unpaired) electrons. The van der Waals surface area contributed by atoms with E-state index in [1.165, 1.54) is 0 Å². The monoisotopic (exact) mass is 327 g/mol. The van der Waals surface area contributed by atoms with Gasteiger partial charge in [-0.05, 0) is 55.6 Å². The first-order chi connectivity index (χ1) is 9.52. The van der Waals surface area contributed by atoms with E-state index in [0.29, 0.717) is 40.9 Å². The molecule has 1 N–H and O–H groups in total. The molecule has 0 spiro atoms. The first-order valence-electron chi connectivity index (χ1n) is 6.74. The number of fused-ring (bicyclic) bond motifs is 1. The van der Waals surface area contributed by atoms with E-state index in [4.69, 9.17) is 5.26 Å². The molecule has 2 aliphatic heterocycles. The molecule has 1 aromatic carbocycles. The van der Waals surface area contributed by atoms with Crippen molar-refractivity contribution in [3.05, 3.63) is 29.3 Å². The highest BCUT2D eigenvalue weighted by atomic mass is 35.5. The maximum Gasteiger partial charge on any atom is 0.243 e. The fourth-order valence-electron chi connectivity index (χ4n) is 3.16. The average Bonchev–Trinajstić information content (AvgIpc) is 2.99. The van der Waals surface area contributed by atoms with Crippen LogP contribution in [0.5, 0.6) is 0 Å². The molecule has 114 valence electrons. The van der Waals surface area contributed by atoms with Crippen molar-refractivity contribution < 1.29 is 8.42 Å². The minimum Gasteiger partial charge on any atom is -0.316 e. The molecular weight excluding hydrogens is 310 g/mol. The summed E-state index contributed by atoms with van der Waals surface area (Å²) >= 11 is 0. The normalized spacial score (nSPS) is 25.1. The lowest BCUT2D eigenvalue weighted by Gasteiger charge is -2.18. The van der Waals surface area contributed by atoms with Gasteiger partial charge in [-0.1, -0.05) is 0 Å². The molecule has 5 nitrogen and oxygen atoms in total. The Kier molecular flexibility index (Phi) is 4.59. The molecule has 2 atom stereocenters. The Morgan fingerprint density at radius 3 is 2.43 bits per heavy atom. The van der Waals surface area contributed by atoms with Crippen molar-refractivity contribution >= 4 is 22.4 Å². The summed E-state index contributed by atoms with van der Waals surface area (Å²) in [4.78, 5) is 0.324. The molecule has 0 aromatic heterocycles. The summed E-state index contributed by atoms with van der Waals surface area (Å²) in [6.07, 6.45) is 0. The number of benzene rings is 1. The highest BCUT2D eigenvalue weighted by Gasteiger charge is 2.41. The van der Waals surface area contributed by atoms with Crippen LogP contribution < -0.4 is 5.32 Å². The van der Waals surface area contributed by atoms with Crippen LogP contribution >= 0.6 is 12.4 Å². The Morgan fingerprint density at radius 1 is 1.29 bits per heavy atom. The summed E-state index contributed by atoms with van der Waals surface area (Å²) in [5.74, 6) is 0.868. The van der Waals surface area contributed by atoms with E-state index in [1.807, 2.05) is 6.07 Å². The Morgan fingerprint density at radius 2 is 1.90 bits per heavy atom. The second kappa shape index (κ2) is 5.93. The zero-order valence-electron chi connectivity index (χ0n) is 11.7. The minimum absolute atomic E-state index is 0. The number of aryl methyl sites for hydroxylation is 1. The maximum atomic E-state index is 12.7. The van der Waals surface area contributed by atoms with Gasteiger partial charge >= 0.3 is 0 Å². The number of sulfonamides is 1. The fraction of sp³-hybridized carbons (Fsp3) is 0.500. The smallest absolute Gasteiger partial charge is 0.243 e. The molecule has 0 aliphatic carbocycles. The van der Waals surface area contributed by atoms with Gasteiger partial charge < -0.3 is 5.32 Å². The zero-order valence-corrected chi connectivity index (χ0v) is 13.4. The first kappa shape index (κ1) is 16.2. The van der Waals surface area contributed by atoms with Crippen LogP contribution in [0, 0.1) is 30.1 Å². The molecule has 0 bridgehead atoms. The molecular formula is C14H18ClN3O2S. The van der Waals surface area contributed by atoms with Crippen LogP contribution in [0.3, 0.4) is 0 Å². The van der Waals surface area contributed by atoms with Gasteiger partial charge in [0.05, 0.1) is 16.5 Å². The number of rotatable bonds is 2. The van der Waals surface area contributed by atoms with Crippen molar-refractivity contribution in [3.8, 4) is 6.07 Å². The summed E-state index contributed by atoms with van der Waals surface area (Å²) in [5.41, 5.74) is 1.13. The highest BCUT2D eigenvalue weighted by molar-refractivity contribution is 7.89. The average molecular weight is 328 g/mol. The van der Waals surface area contributed by atoms with Gasteiger partial charge in [0.1, 0.15) is 0 Å². The summed E-state index contributed by atoms with van der Waals surface area (Å²) in [6.45, 7) is 4.75. The molecule has 0 saturated carbocycles. The van der Waals surface area contributed by atoms with Crippen molar-refractivity contribution in [1.82, 2.24) is 9.62 Å². The topological polar surface area (TPSA) is 73.2 Å². The van der Waals surface area contributed by atoms with Gasteiger partial charge in [-0.15, -0.1) is 12.4 Å². The summed E-state index contributed by atoms with van der Waals surface area (Å²) in [5, 5.41) is 12.2. The first-order valence-corrected chi connectivity index (χ1v) is 8.18. The minimum atomic E-state index is -3.44. The maximum absolute atomic E-state index is 12.7. The number of hydrogen-bond acceptors (Lipinski definition) is 4. The summed E-state index contributed by atoms with van der Waals surface area (Å²) in [6, 6.07) is 6.78. The third-order valence-corrected chi connectivity index (χ3v) is 6.27. The van der Waals surface area contributed by atoms with Crippen LogP contribution in [0.15, 0.2) is 23.1 Å². The molecule has 3 rings (SSSR count). The van der Waals surface area contributed by atoms with Gasteiger partial charge in [0.15, 0.2) is 0 Å². The van der Waals surface area contributed by atoms with Gasteiger partial charge in [0.25, 0.3) is 0 Å². The third kappa shape index (κ3) is 2.79. The molecule has 7 heteroatoms. The van der Waals surface area contributed by atoms with Gasteiger partial charge in [0, 0.05) is 13.1 Å². The second-order valence-corrected chi connectivity index (χ2v) is 7.50. The van der Waals surface area contributed by atoms with Crippen molar-refractivity contribution in [1.29, 1.82) is 5.26 Å². The molecule has 0 unspecified atom stereocenters. The molecule has 21 heavy (non-hydrogen) atoms. The number of halogens is 1. The van der Waals surface area contributed by atoms with Crippen molar-refractivity contribution in [2.75, 3.05) is 26.2 Å². The fourth-order valence-corrected chi connectivity index (χ4v) is 4.92. The predicted molar refractivity (Wildman–Crippen MR) is 81.8 cm³/mol. The van der Waals surface area contributed by atoms with Gasteiger partial charge in [-0.3, -0.25) is 0 Å². The van der Waals surface area contributed by atoms with Crippen LogP contribution in [0.4, 0.5) is 0 Å².